The SMILES string of the molecule is O=[N+]([O-])c1ccc2nc(N3CN(c4nc5ccc([N+](=O)[O-])cc5s4)CN(c4nc5ccc([N+](=O)[O-])cc5s4)C3)sc2c1. The number of hydrogen-bond donors (Lipinski definition) is 0. The van der Waals surface area contributed by atoms with E-state index in [4.69, 9.17) is 15.0 Å². The van der Waals surface area contributed by atoms with Crippen molar-refractivity contribution >= 4 is 97.1 Å². The topological polar surface area (TPSA) is 178 Å². The highest BCUT2D eigenvalue weighted by molar-refractivity contribution is 7.23. The molecule has 0 aliphatic carbocycles. The Bertz CT molecular complexity index is 1840. The largest absolute Gasteiger partial charge is 0.312 e. The van der Waals surface area contributed by atoms with Crippen LogP contribution in [0.2, 0.25) is 0 Å². The van der Waals surface area contributed by atoms with Gasteiger partial charge in [-0.15, -0.1) is 0 Å². The quantitative estimate of drug-likeness (QED) is 0.158. The second kappa shape index (κ2) is 9.79. The summed E-state index contributed by atoms with van der Waals surface area (Å²) in [5, 5.41) is 35.8. The summed E-state index contributed by atoms with van der Waals surface area (Å²) >= 11 is 3.97. The number of hydrogen-bond acceptors (Lipinski definition) is 15. The molecule has 6 aromatic rings. The van der Waals surface area contributed by atoms with Crippen LogP contribution < -0.4 is 14.7 Å². The summed E-state index contributed by atoms with van der Waals surface area (Å²) in [7, 11) is 0. The zero-order chi connectivity index (χ0) is 29.1. The second-order valence-corrected chi connectivity index (χ2v) is 12.3. The van der Waals surface area contributed by atoms with Gasteiger partial charge in [0.05, 0.1) is 65.4 Å². The Labute approximate surface area is 245 Å². The van der Waals surface area contributed by atoms with Crippen LogP contribution in [0.25, 0.3) is 30.6 Å². The van der Waals surface area contributed by atoms with Crippen molar-refractivity contribution in [2.75, 3.05) is 34.7 Å². The van der Waals surface area contributed by atoms with Gasteiger partial charge >= 0.3 is 0 Å². The standard InChI is InChI=1S/C24H15N9O6S3/c34-31(35)13-1-4-16-19(7-13)40-22(25-16)28-10-29(23-26-17-5-2-14(32(36)37)8-20(17)41-23)12-30(11-28)24-27-18-6-3-15(33(38)39)9-21(18)42-24/h1-9H,10-12H2. The number of benzene rings is 3. The molecular formula is C24H15N9O6S3. The summed E-state index contributed by atoms with van der Waals surface area (Å²) in [5.41, 5.74) is 1.82. The molecule has 1 aliphatic rings. The number of non-ortho nitro benzene ring substituents is 3. The molecule has 3 aromatic heterocycles. The Morgan fingerprint density at radius 2 is 0.810 bits per heavy atom. The van der Waals surface area contributed by atoms with Crippen LogP contribution in [0.3, 0.4) is 0 Å². The fourth-order valence-electron chi connectivity index (χ4n) is 4.57. The normalized spacial score (nSPS) is 13.9. The van der Waals surface area contributed by atoms with Crippen LogP contribution in [0.15, 0.2) is 54.6 Å². The van der Waals surface area contributed by atoms with E-state index in [-0.39, 0.29) is 17.1 Å². The maximum absolute atomic E-state index is 11.3. The van der Waals surface area contributed by atoms with Crippen LogP contribution in [0.5, 0.6) is 0 Å². The minimum atomic E-state index is -0.446. The van der Waals surface area contributed by atoms with E-state index in [0.29, 0.717) is 66.1 Å². The first-order valence-electron chi connectivity index (χ1n) is 12.1. The number of thiazole rings is 3. The van der Waals surface area contributed by atoms with Gasteiger partial charge in [-0.05, 0) is 18.2 Å². The third-order valence-corrected chi connectivity index (χ3v) is 9.79. The zero-order valence-electron chi connectivity index (χ0n) is 21.0. The molecule has 42 heavy (non-hydrogen) atoms. The van der Waals surface area contributed by atoms with E-state index in [0.717, 1.165) is 0 Å². The molecule has 0 N–H and O–H groups in total. The zero-order valence-corrected chi connectivity index (χ0v) is 23.5. The Kier molecular flexibility index (Phi) is 6.03. The van der Waals surface area contributed by atoms with Crippen molar-refractivity contribution in [3.8, 4) is 0 Å². The fourth-order valence-corrected chi connectivity index (χ4v) is 7.51. The highest BCUT2D eigenvalue weighted by Gasteiger charge is 2.30. The third kappa shape index (κ3) is 4.56. The first-order valence-corrected chi connectivity index (χ1v) is 14.6. The van der Waals surface area contributed by atoms with Crippen molar-refractivity contribution in [2.24, 2.45) is 0 Å². The molecule has 210 valence electrons. The highest BCUT2D eigenvalue weighted by atomic mass is 32.1. The second-order valence-electron chi connectivity index (χ2n) is 9.26. The van der Waals surface area contributed by atoms with Crippen molar-refractivity contribution in [3.05, 3.63) is 84.9 Å². The summed E-state index contributed by atoms with van der Waals surface area (Å²) in [5.74, 6) is 0. The number of anilines is 3. The molecule has 1 aliphatic heterocycles. The minimum absolute atomic E-state index is 0.0215. The van der Waals surface area contributed by atoms with Gasteiger partial charge in [0.15, 0.2) is 15.4 Å². The first-order chi connectivity index (χ1) is 20.2. The van der Waals surface area contributed by atoms with Crippen LogP contribution in [0, 0.1) is 30.3 Å². The van der Waals surface area contributed by atoms with Crippen LogP contribution in [0.4, 0.5) is 32.5 Å². The number of rotatable bonds is 6. The minimum Gasteiger partial charge on any atom is -0.312 e. The Balaban J connectivity index is 1.29. The van der Waals surface area contributed by atoms with E-state index >= 15 is 0 Å². The van der Waals surface area contributed by atoms with E-state index in [1.807, 2.05) is 14.7 Å². The molecule has 0 radical (unpaired) electrons. The summed E-state index contributed by atoms with van der Waals surface area (Å²) < 4.78 is 2.01. The van der Waals surface area contributed by atoms with Gasteiger partial charge in [-0.2, -0.15) is 0 Å². The highest BCUT2D eigenvalue weighted by Crippen LogP contribution is 2.38. The smallest absolute Gasteiger partial charge is 0.270 e. The Morgan fingerprint density at radius 3 is 1.07 bits per heavy atom. The summed E-state index contributed by atoms with van der Waals surface area (Å²) in [6.07, 6.45) is 0. The Hall–Kier alpha value is -5.07. The first kappa shape index (κ1) is 25.9. The summed E-state index contributed by atoms with van der Waals surface area (Å²) in [4.78, 5) is 52.7. The number of aromatic nitrogens is 3. The molecule has 0 unspecified atom stereocenters. The molecule has 0 saturated carbocycles. The summed E-state index contributed by atoms with van der Waals surface area (Å²) in [6.45, 7) is 1.12. The number of nitro benzene ring substituents is 3. The molecule has 0 spiro atoms. The molecule has 3 aromatic carbocycles. The molecule has 0 bridgehead atoms. The van der Waals surface area contributed by atoms with Crippen LogP contribution >= 0.6 is 34.0 Å². The van der Waals surface area contributed by atoms with Crippen LogP contribution in [0.1, 0.15) is 0 Å². The van der Waals surface area contributed by atoms with E-state index in [2.05, 4.69) is 0 Å². The van der Waals surface area contributed by atoms with Gasteiger partial charge in [0, 0.05) is 36.4 Å². The monoisotopic (exact) mass is 621 g/mol. The van der Waals surface area contributed by atoms with Crippen molar-refractivity contribution in [2.45, 2.75) is 0 Å². The van der Waals surface area contributed by atoms with Crippen molar-refractivity contribution in [1.29, 1.82) is 0 Å². The number of nitrogens with zero attached hydrogens (tertiary/aromatic N) is 9. The predicted octanol–water partition coefficient (Wildman–Crippen LogP) is 5.95. The third-order valence-electron chi connectivity index (χ3n) is 6.55. The average molecular weight is 622 g/mol. The maximum atomic E-state index is 11.3. The fraction of sp³-hybridized carbons (Fsp3) is 0.125. The van der Waals surface area contributed by atoms with Gasteiger partial charge in [-0.3, -0.25) is 30.3 Å². The molecule has 1 fully saturated rings. The maximum Gasteiger partial charge on any atom is 0.270 e. The van der Waals surface area contributed by atoms with E-state index < -0.39 is 14.8 Å². The van der Waals surface area contributed by atoms with E-state index in [1.165, 1.54) is 70.4 Å². The lowest BCUT2D eigenvalue weighted by Crippen LogP contribution is -2.55. The van der Waals surface area contributed by atoms with E-state index in [9.17, 15) is 30.3 Å². The number of nitro groups is 3. The molecule has 15 nitrogen and oxygen atoms in total. The predicted molar refractivity (Wildman–Crippen MR) is 161 cm³/mol. The van der Waals surface area contributed by atoms with Gasteiger partial charge in [0.25, 0.3) is 17.1 Å². The molecule has 0 atom stereocenters. The molecule has 18 heteroatoms. The molecule has 1 saturated heterocycles. The number of fused-ring (bicyclic) bond motifs is 3. The van der Waals surface area contributed by atoms with Gasteiger partial charge in [0.2, 0.25) is 0 Å². The van der Waals surface area contributed by atoms with Crippen LogP contribution in [-0.4, -0.2) is 49.7 Å². The van der Waals surface area contributed by atoms with Crippen molar-refractivity contribution in [3.63, 3.8) is 0 Å². The lowest BCUT2D eigenvalue weighted by molar-refractivity contribution is -0.384. The Morgan fingerprint density at radius 1 is 0.524 bits per heavy atom. The van der Waals surface area contributed by atoms with Gasteiger partial charge in [-0.25, -0.2) is 15.0 Å². The van der Waals surface area contributed by atoms with Crippen LogP contribution in [-0.2, 0) is 0 Å². The van der Waals surface area contributed by atoms with Gasteiger partial charge in [-0.1, -0.05) is 34.0 Å². The van der Waals surface area contributed by atoms with Gasteiger partial charge in [0.1, 0.15) is 0 Å². The summed E-state index contributed by atoms with van der Waals surface area (Å²) in [6, 6.07) is 13.6. The van der Waals surface area contributed by atoms with Gasteiger partial charge < -0.3 is 14.7 Å². The molecule has 7 rings (SSSR count). The molecule has 4 heterocycles. The lowest BCUT2D eigenvalue weighted by atomic mass is 10.3. The van der Waals surface area contributed by atoms with E-state index in [1.54, 1.807) is 18.2 Å². The lowest BCUT2D eigenvalue weighted by Gasteiger charge is -2.41. The van der Waals surface area contributed by atoms with Crippen molar-refractivity contribution in [1.82, 2.24) is 15.0 Å². The molecular weight excluding hydrogens is 607 g/mol. The molecule has 0 amide bonds. The average Bonchev–Trinajstić information content (AvgIpc) is 3.71. The van der Waals surface area contributed by atoms with Crippen molar-refractivity contribution < 1.29 is 14.8 Å².